The molecule has 114 valence electrons. The van der Waals surface area contributed by atoms with Gasteiger partial charge in [0.2, 0.25) is 0 Å². The molecule has 19 heavy (non-hydrogen) atoms. The lowest BCUT2D eigenvalue weighted by molar-refractivity contribution is 0.328. The average molecular weight is 315 g/mol. The first kappa shape index (κ1) is 17.3. The summed E-state index contributed by atoms with van der Waals surface area (Å²) in [7, 11) is -9.62. The minimum atomic E-state index is -4.81. The van der Waals surface area contributed by atoms with Crippen LogP contribution in [0.5, 0.6) is 0 Å². The number of nitrogens with one attached hydrogen (secondary N) is 1. The van der Waals surface area contributed by atoms with Crippen molar-refractivity contribution in [2.75, 3.05) is 6.54 Å². The van der Waals surface area contributed by atoms with Crippen molar-refractivity contribution in [1.29, 1.82) is 0 Å². The van der Waals surface area contributed by atoms with Crippen LogP contribution >= 0.6 is 15.2 Å². The Morgan fingerprint density at radius 2 is 1.32 bits per heavy atom. The predicted molar refractivity (Wildman–Crippen MR) is 72.0 cm³/mol. The van der Waals surface area contributed by atoms with Gasteiger partial charge >= 0.3 is 15.2 Å². The van der Waals surface area contributed by atoms with E-state index in [0.717, 1.165) is 38.5 Å². The van der Waals surface area contributed by atoms with Crippen LogP contribution in [0.2, 0.25) is 0 Å². The number of hydrogen-bond donors (Lipinski definition) is 5. The van der Waals surface area contributed by atoms with E-state index in [9.17, 15) is 9.13 Å². The molecule has 9 heteroatoms. The van der Waals surface area contributed by atoms with Gasteiger partial charge in [0.1, 0.15) is 0 Å². The van der Waals surface area contributed by atoms with Gasteiger partial charge in [-0.2, -0.15) is 0 Å². The lowest BCUT2D eigenvalue weighted by atomic mass is 9.97. The predicted octanol–water partition coefficient (Wildman–Crippen LogP) is 1.37. The highest BCUT2D eigenvalue weighted by atomic mass is 31.2. The normalized spacial score (nSPS) is 20.3. The summed E-state index contributed by atoms with van der Waals surface area (Å²) in [6, 6.07) is 0.0842. The first-order valence-corrected chi connectivity index (χ1v) is 9.91. The second-order valence-corrected chi connectivity index (χ2v) is 9.12. The Bertz CT molecular complexity index is 335. The molecule has 0 heterocycles. The third-order valence-electron chi connectivity index (χ3n) is 3.47. The summed E-state index contributed by atoms with van der Waals surface area (Å²) in [6.07, 6.45) is 7.32. The topological polar surface area (TPSA) is 127 Å². The Balaban J connectivity index is 2.55. The standard InChI is InChI=1S/C10H23NO6P2/c12-18(13,14)10(19(15,16)17)8-11-9-6-4-2-1-3-5-7-9/h9-11H,1-8H2,(H2,12,13,14)(H2,15,16,17). The van der Waals surface area contributed by atoms with Gasteiger partial charge in [0.05, 0.1) is 0 Å². The van der Waals surface area contributed by atoms with Crippen LogP contribution in [-0.4, -0.2) is 37.6 Å². The van der Waals surface area contributed by atoms with Crippen molar-refractivity contribution in [1.82, 2.24) is 5.32 Å². The van der Waals surface area contributed by atoms with E-state index in [-0.39, 0.29) is 12.6 Å². The van der Waals surface area contributed by atoms with Crippen LogP contribution < -0.4 is 5.32 Å². The molecule has 0 bridgehead atoms. The van der Waals surface area contributed by atoms with Crippen LogP contribution in [0.1, 0.15) is 44.9 Å². The van der Waals surface area contributed by atoms with Crippen molar-refractivity contribution < 1.29 is 28.7 Å². The largest absolute Gasteiger partial charge is 0.342 e. The molecule has 0 aromatic heterocycles. The molecule has 1 aliphatic rings. The van der Waals surface area contributed by atoms with Crippen LogP contribution in [0.25, 0.3) is 0 Å². The SMILES string of the molecule is O=P(O)(O)C(CNC1CCCCCCC1)P(=O)(O)O. The van der Waals surface area contributed by atoms with Gasteiger partial charge in [-0.1, -0.05) is 32.1 Å². The molecule has 0 radical (unpaired) electrons. The lowest BCUT2D eigenvalue weighted by Gasteiger charge is -2.25. The van der Waals surface area contributed by atoms with Gasteiger partial charge in [-0.3, -0.25) is 9.13 Å². The van der Waals surface area contributed by atoms with Gasteiger partial charge in [-0.25, -0.2) is 0 Å². The van der Waals surface area contributed by atoms with E-state index in [4.69, 9.17) is 19.6 Å². The van der Waals surface area contributed by atoms with Crippen LogP contribution in [0.15, 0.2) is 0 Å². The molecule has 0 aromatic rings. The quantitative estimate of drug-likeness (QED) is 0.485. The Labute approximate surface area is 113 Å². The van der Waals surface area contributed by atoms with Gasteiger partial charge in [-0.15, -0.1) is 0 Å². The Hall–Kier alpha value is 0.260. The summed E-state index contributed by atoms with van der Waals surface area (Å²) in [5, 5.41) is 0.979. The fourth-order valence-corrected chi connectivity index (χ4v) is 4.62. The van der Waals surface area contributed by atoms with Crippen molar-refractivity contribution in [3.63, 3.8) is 0 Å². The molecule has 0 aromatic carbocycles. The summed E-state index contributed by atoms with van der Waals surface area (Å²) in [4.78, 5) is 36.1. The minimum absolute atomic E-state index is 0.0842. The van der Waals surface area contributed by atoms with E-state index >= 15 is 0 Å². The fraction of sp³-hybridized carbons (Fsp3) is 1.00. The zero-order valence-corrected chi connectivity index (χ0v) is 12.6. The molecule has 1 rings (SSSR count). The van der Waals surface area contributed by atoms with Gasteiger partial charge < -0.3 is 24.9 Å². The summed E-state index contributed by atoms with van der Waals surface area (Å²) in [6.45, 7) is -0.348. The summed E-state index contributed by atoms with van der Waals surface area (Å²) >= 11 is 0. The van der Waals surface area contributed by atoms with Crippen LogP contribution in [0.3, 0.4) is 0 Å². The zero-order chi connectivity index (χ0) is 14.5. The van der Waals surface area contributed by atoms with Gasteiger partial charge in [0, 0.05) is 12.6 Å². The third-order valence-corrected chi connectivity index (χ3v) is 7.19. The highest BCUT2D eigenvalue weighted by Crippen LogP contribution is 2.59. The molecule has 7 nitrogen and oxygen atoms in total. The Morgan fingerprint density at radius 3 is 1.74 bits per heavy atom. The first-order chi connectivity index (χ1) is 8.71. The fourth-order valence-electron chi connectivity index (χ4n) is 2.37. The minimum Gasteiger partial charge on any atom is -0.324 e. The molecule has 1 aliphatic carbocycles. The van der Waals surface area contributed by atoms with Gasteiger partial charge in [0.15, 0.2) is 5.40 Å². The molecule has 1 saturated carbocycles. The van der Waals surface area contributed by atoms with Gasteiger partial charge in [-0.05, 0) is 12.8 Å². The Kier molecular flexibility index (Phi) is 6.67. The molecule has 0 spiro atoms. The monoisotopic (exact) mass is 315 g/mol. The smallest absolute Gasteiger partial charge is 0.324 e. The van der Waals surface area contributed by atoms with Crippen LogP contribution in [0.4, 0.5) is 0 Å². The van der Waals surface area contributed by atoms with Crippen LogP contribution in [0, 0.1) is 0 Å². The van der Waals surface area contributed by atoms with Crippen molar-refractivity contribution in [3.8, 4) is 0 Å². The molecule has 1 fully saturated rings. The van der Waals surface area contributed by atoms with Crippen molar-refractivity contribution >= 4 is 15.2 Å². The van der Waals surface area contributed by atoms with Crippen LogP contribution in [-0.2, 0) is 9.13 Å². The second-order valence-electron chi connectivity index (χ2n) is 5.11. The van der Waals surface area contributed by atoms with Crippen molar-refractivity contribution in [3.05, 3.63) is 0 Å². The zero-order valence-electron chi connectivity index (χ0n) is 10.8. The molecule has 0 atom stereocenters. The van der Waals surface area contributed by atoms with E-state index in [0.29, 0.717) is 0 Å². The van der Waals surface area contributed by atoms with E-state index in [2.05, 4.69) is 5.32 Å². The van der Waals surface area contributed by atoms with E-state index in [1.165, 1.54) is 6.42 Å². The third kappa shape index (κ3) is 6.50. The summed E-state index contributed by atoms with van der Waals surface area (Å²) in [5.41, 5.74) is 0. The molecular weight excluding hydrogens is 292 g/mol. The molecule has 5 N–H and O–H groups in total. The maximum absolute atomic E-state index is 11.1. The van der Waals surface area contributed by atoms with E-state index in [1.807, 2.05) is 0 Å². The average Bonchev–Trinajstić information content (AvgIpc) is 2.16. The molecule has 0 unspecified atom stereocenters. The van der Waals surface area contributed by atoms with Crippen molar-refractivity contribution in [2.45, 2.75) is 56.4 Å². The van der Waals surface area contributed by atoms with E-state index in [1.54, 1.807) is 0 Å². The van der Waals surface area contributed by atoms with Crippen molar-refractivity contribution in [2.24, 2.45) is 0 Å². The van der Waals surface area contributed by atoms with Gasteiger partial charge in [0.25, 0.3) is 0 Å². The Morgan fingerprint density at radius 1 is 0.895 bits per heavy atom. The summed E-state index contributed by atoms with van der Waals surface area (Å²) in [5.74, 6) is 0. The molecule has 0 saturated heterocycles. The first-order valence-electron chi connectivity index (χ1n) is 6.55. The molecule has 0 amide bonds. The maximum atomic E-state index is 11.1. The maximum Gasteiger partial charge on any atom is 0.342 e. The molecule has 0 aliphatic heterocycles. The second kappa shape index (κ2) is 7.32. The summed E-state index contributed by atoms with van der Waals surface area (Å²) < 4.78 is 22.3. The van der Waals surface area contributed by atoms with E-state index < -0.39 is 20.6 Å². The molecular formula is C10H23NO6P2. The number of hydrogen-bond acceptors (Lipinski definition) is 3. The highest BCUT2D eigenvalue weighted by molar-refractivity contribution is 7.70. The highest BCUT2D eigenvalue weighted by Gasteiger charge is 2.43. The lowest BCUT2D eigenvalue weighted by Crippen LogP contribution is -2.36. The number of rotatable bonds is 5.